The van der Waals surface area contributed by atoms with E-state index in [9.17, 15) is 5.26 Å². The maximum atomic E-state index is 9.29. The van der Waals surface area contributed by atoms with Gasteiger partial charge in [0, 0.05) is 5.69 Å². The molecule has 2 aromatic rings. The molecule has 1 aromatic heterocycles. The van der Waals surface area contributed by atoms with E-state index in [2.05, 4.69) is 11.1 Å². The van der Waals surface area contributed by atoms with Crippen LogP contribution in [0.25, 0.3) is 0 Å². The highest BCUT2D eigenvalue weighted by Crippen LogP contribution is 2.29. The summed E-state index contributed by atoms with van der Waals surface area (Å²) in [4.78, 5) is 4.55. The lowest BCUT2D eigenvalue weighted by Gasteiger charge is -2.16. The Bertz CT molecular complexity index is 687. The third-order valence-electron chi connectivity index (χ3n) is 3.66. The second-order valence-electron chi connectivity index (χ2n) is 5.04. The number of ether oxygens (including phenoxy) is 2. The molecule has 4 heteroatoms. The normalized spacial score (nSPS) is 13.1. The van der Waals surface area contributed by atoms with Crippen LogP contribution in [-0.2, 0) is 12.8 Å². The Hall–Kier alpha value is -2.54. The van der Waals surface area contributed by atoms with Crippen molar-refractivity contribution in [2.24, 2.45) is 0 Å². The topological polar surface area (TPSA) is 55.1 Å². The second-order valence-corrected chi connectivity index (χ2v) is 5.04. The van der Waals surface area contributed by atoms with Gasteiger partial charge in [0.2, 0.25) is 5.88 Å². The maximum Gasteiger partial charge on any atom is 0.237 e. The van der Waals surface area contributed by atoms with Crippen LogP contribution < -0.4 is 9.47 Å². The summed E-state index contributed by atoms with van der Waals surface area (Å²) in [6.45, 7) is 0. The zero-order valence-electron chi connectivity index (χ0n) is 11.9. The number of pyridine rings is 1. The van der Waals surface area contributed by atoms with Gasteiger partial charge in [-0.1, -0.05) is 0 Å². The quantitative estimate of drug-likeness (QED) is 0.861. The summed E-state index contributed by atoms with van der Waals surface area (Å²) in [5.74, 6) is 1.81. The molecule has 0 N–H and O–H groups in total. The summed E-state index contributed by atoms with van der Waals surface area (Å²) in [6.07, 6.45) is 4.27. The molecule has 0 spiro atoms. The fourth-order valence-electron chi connectivity index (χ4n) is 2.53. The Morgan fingerprint density at radius 3 is 2.52 bits per heavy atom. The van der Waals surface area contributed by atoms with Crippen molar-refractivity contribution >= 4 is 0 Å². The Morgan fingerprint density at radius 2 is 1.81 bits per heavy atom. The van der Waals surface area contributed by atoms with Crippen LogP contribution in [0.4, 0.5) is 0 Å². The van der Waals surface area contributed by atoms with E-state index in [0.717, 1.165) is 37.1 Å². The largest absolute Gasteiger partial charge is 0.497 e. The van der Waals surface area contributed by atoms with Crippen molar-refractivity contribution in [1.82, 2.24) is 4.98 Å². The first-order chi connectivity index (χ1) is 10.3. The molecule has 0 radical (unpaired) electrons. The number of hydrogen-bond acceptors (Lipinski definition) is 4. The molecule has 1 aromatic carbocycles. The Morgan fingerprint density at radius 1 is 1.10 bits per heavy atom. The SMILES string of the molecule is COc1ccc(Oc2nc3c(cc2C#N)CCCC3)cc1. The third kappa shape index (κ3) is 2.82. The molecule has 1 heterocycles. The van der Waals surface area contributed by atoms with Crippen molar-refractivity contribution in [1.29, 1.82) is 5.26 Å². The number of aromatic nitrogens is 1. The minimum Gasteiger partial charge on any atom is -0.497 e. The highest BCUT2D eigenvalue weighted by atomic mass is 16.5. The van der Waals surface area contributed by atoms with Crippen LogP contribution in [0.5, 0.6) is 17.4 Å². The molecule has 0 fully saturated rings. The molecule has 3 rings (SSSR count). The van der Waals surface area contributed by atoms with Crippen molar-refractivity contribution in [3.63, 3.8) is 0 Å². The van der Waals surface area contributed by atoms with Crippen molar-refractivity contribution in [3.8, 4) is 23.4 Å². The van der Waals surface area contributed by atoms with E-state index in [0.29, 0.717) is 17.2 Å². The van der Waals surface area contributed by atoms with Crippen LogP contribution >= 0.6 is 0 Å². The van der Waals surface area contributed by atoms with Crippen LogP contribution in [0.15, 0.2) is 30.3 Å². The molecule has 1 aliphatic rings. The lowest BCUT2D eigenvalue weighted by Crippen LogP contribution is -2.07. The summed E-state index contributed by atoms with van der Waals surface area (Å²) >= 11 is 0. The average molecular weight is 280 g/mol. The van der Waals surface area contributed by atoms with Gasteiger partial charge in [0.25, 0.3) is 0 Å². The van der Waals surface area contributed by atoms with Gasteiger partial charge in [0.1, 0.15) is 23.1 Å². The van der Waals surface area contributed by atoms with Gasteiger partial charge in [0.15, 0.2) is 0 Å². The van der Waals surface area contributed by atoms with Gasteiger partial charge in [-0.25, -0.2) is 4.98 Å². The third-order valence-corrected chi connectivity index (χ3v) is 3.66. The number of nitrogens with zero attached hydrogens (tertiary/aromatic N) is 2. The molecule has 0 unspecified atom stereocenters. The predicted molar refractivity (Wildman–Crippen MR) is 78.7 cm³/mol. The Labute approximate surface area is 124 Å². The minimum absolute atomic E-state index is 0.392. The summed E-state index contributed by atoms with van der Waals surface area (Å²) in [6, 6.07) is 11.3. The van der Waals surface area contributed by atoms with Gasteiger partial charge < -0.3 is 9.47 Å². The molecule has 1 aliphatic carbocycles. The number of hydrogen-bond donors (Lipinski definition) is 0. The van der Waals surface area contributed by atoms with Crippen molar-refractivity contribution in [3.05, 3.63) is 47.2 Å². The van der Waals surface area contributed by atoms with Gasteiger partial charge in [-0.2, -0.15) is 5.26 Å². The zero-order valence-corrected chi connectivity index (χ0v) is 11.9. The van der Waals surface area contributed by atoms with Crippen LogP contribution in [0.2, 0.25) is 0 Å². The first-order valence-corrected chi connectivity index (χ1v) is 7.05. The van der Waals surface area contributed by atoms with E-state index in [4.69, 9.17) is 9.47 Å². The summed E-state index contributed by atoms with van der Waals surface area (Å²) in [7, 11) is 1.62. The Kier molecular flexibility index (Phi) is 3.74. The molecule has 21 heavy (non-hydrogen) atoms. The number of aryl methyl sites for hydroxylation is 2. The first kappa shape index (κ1) is 13.4. The molecule has 0 amide bonds. The molecule has 106 valence electrons. The van der Waals surface area contributed by atoms with Gasteiger partial charge in [0.05, 0.1) is 7.11 Å². The van der Waals surface area contributed by atoms with Gasteiger partial charge >= 0.3 is 0 Å². The minimum atomic E-state index is 0.392. The summed E-state index contributed by atoms with van der Waals surface area (Å²) < 4.78 is 10.9. The first-order valence-electron chi connectivity index (χ1n) is 7.05. The number of rotatable bonds is 3. The molecular weight excluding hydrogens is 264 g/mol. The highest BCUT2D eigenvalue weighted by Gasteiger charge is 2.16. The summed E-state index contributed by atoms with van der Waals surface area (Å²) in [5, 5.41) is 9.29. The van der Waals surface area contributed by atoms with Crippen LogP contribution in [0.3, 0.4) is 0 Å². The van der Waals surface area contributed by atoms with Crippen molar-refractivity contribution < 1.29 is 9.47 Å². The second kappa shape index (κ2) is 5.84. The molecular formula is C17H16N2O2. The van der Waals surface area contributed by atoms with Gasteiger partial charge in [-0.15, -0.1) is 0 Å². The molecule has 4 nitrogen and oxygen atoms in total. The van der Waals surface area contributed by atoms with Gasteiger partial charge in [-0.05, 0) is 61.6 Å². The van der Waals surface area contributed by atoms with Crippen molar-refractivity contribution in [2.45, 2.75) is 25.7 Å². The highest BCUT2D eigenvalue weighted by molar-refractivity contribution is 5.45. The smallest absolute Gasteiger partial charge is 0.237 e. The fraction of sp³-hybridized carbons (Fsp3) is 0.294. The number of benzene rings is 1. The van der Waals surface area contributed by atoms with E-state index >= 15 is 0 Å². The zero-order chi connectivity index (χ0) is 14.7. The fourth-order valence-corrected chi connectivity index (χ4v) is 2.53. The van der Waals surface area contributed by atoms with Crippen LogP contribution in [0.1, 0.15) is 29.7 Å². The average Bonchev–Trinajstić information content (AvgIpc) is 2.55. The predicted octanol–water partition coefficient (Wildman–Crippen LogP) is 3.63. The molecule has 0 saturated heterocycles. The monoisotopic (exact) mass is 280 g/mol. The van der Waals surface area contributed by atoms with Crippen LogP contribution in [-0.4, -0.2) is 12.1 Å². The van der Waals surface area contributed by atoms with E-state index in [1.165, 1.54) is 5.56 Å². The van der Waals surface area contributed by atoms with E-state index in [-0.39, 0.29) is 0 Å². The van der Waals surface area contributed by atoms with Crippen LogP contribution in [0, 0.1) is 11.3 Å². The molecule has 0 bridgehead atoms. The standard InChI is InChI=1S/C17H16N2O2/c1-20-14-6-8-15(9-7-14)21-17-13(11-18)10-12-4-2-3-5-16(12)19-17/h6-10H,2-5H2,1H3. The maximum absolute atomic E-state index is 9.29. The van der Waals surface area contributed by atoms with Crippen molar-refractivity contribution in [2.75, 3.05) is 7.11 Å². The Balaban J connectivity index is 1.91. The molecule has 0 aliphatic heterocycles. The lowest BCUT2D eigenvalue weighted by atomic mass is 9.95. The van der Waals surface area contributed by atoms with E-state index in [1.807, 2.05) is 18.2 Å². The molecule has 0 atom stereocenters. The summed E-state index contributed by atoms with van der Waals surface area (Å²) in [5.41, 5.74) is 2.73. The lowest BCUT2D eigenvalue weighted by molar-refractivity contribution is 0.412. The number of fused-ring (bicyclic) bond motifs is 1. The number of nitriles is 1. The van der Waals surface area contributed by atoms with E-state index in [1.54, 1.807) is 19.2 Å². The van der Waals surface area contributed by atoms with E-state index < -0.39 is 0 Å². The number of methoxy groups -OCH3 is 1. The van der Waals surface area contributed by atoms with Gasteiger partial charge in [-0.3, -0.25) is 0 Å². The molecule has 0 saturated carbocycles.